The number of ketones is 1. The molecule has 20 heavy (non-hydrogen) atoms. The first-order valence-corrected chi connectivity index (χ1v) is 8.03. The van der Waals surface area contributed by atoms with Crippen LogP contribution in [-0.2, 0) is 14.8 Å². The monoisotopic (exact) mass is 297 g/mol. The highest BCUT2D eigenvalue weighted by Crippen LogP contribution is 2.23. The van der Waals surface area contributed by atoms with E-state index in [0.29, 0.717) is 31.6 Å². The molecule has 110 valence electrons. The van der Waals surface area contributed by atoms with Crippen molar-refractivity contribution in [3.8, 4) is 0 Å². The van der Waals surface area contributed by atoms with Gasteiger partial charge >= 0.3 is 0 Å². The third-order valence-corrected chi connectivity index (χ3v) is 5.16. The van der Waals surface area contributed by atoms with Gasteiger partial charge in [-0.25, -0.2) is 13.1 Å². The second kappa shape index (κ2) is 5.63. The molecule has 0 radical (unpaired) electrons. The smallest absolute Gasteiger partial charge is 0.241 e. The van der Waals surface area contributed by atoms with Crippen LogP contribution >= 0.6 is 0 Å². The Morgan fingerprint density at radius 1 is 1.30 bits per heavy atom. The minimum atomic E-state index is -3.63. The lowest BCUT2D eigenvalue weighted by molar-refractivity contribution is 0.0537. The zero-order chi connectivity index (χ0) is 14.8. The van der Waals surface area contributed by atoms with Crippen molar-refractivity contribution in [1.82, 2.24) is 4.72 Å². The maximum Gasteiger partial charge on any atom is 0.241 e. The second-order valence-electron chi connectivity index (χ2n) is 5.36. The molecular weight excluding hydrogens is 278 g/mol. The van der Waals surface area contributed by atoms with Gasteiger partial charge in [0.2, 0.25) is 10.0 Å². The van der Waals surface area contributed by atoms with E-state index in [0.717, 1.165) is 0 Å². The molecule has 0 bridgehead atoms. The normalized spacial score (nSPS) is 18.7. The molecule has 0 spiro atoms. The maximum atomic E-state index is 12.4. The first-order chi connectivity index (χ1) is 9.32. The van der Waals surface area contributed by atoms with E-state index in [4.69, 9.17) is 4.74 Å². The number of hydrogen-bond donors (Lipinski definition) is 1. The third kappa shape index (κ3) is 3.45. The summed E-state index contributed by atoms with van der Waals surface area (Å²) in [5.41, 5.74) is -0.103. The number of carbonyl (C=O) groups excluding carboxylic acids is 1. The van der Waals surface area contributed by atoms with Crippen LogP contribution in [0.2, 0.25) is 0 Å². The first kappa shape index (κ1) is 15.2. The Morgan fingerprint density at radius 3 is 2.55 bits per heavy atom. The van der Waals surface area contributed by atoms with Crippen molar-refractivity contribution in [1.29, 1.82) is 0 Å². The van der Waals surface area contributed by atoms with Crippen molar-refractivity contribution in [2.75, 3.05) is 13.2 Å². The molecule has 1 aromatic carbocycles. The molecule has 0 saturated carbocycles. The molecule has 2 rings (SSSR count). The fourth-order valence-electron chi connectivity index (χ4n) is 2.19. The zero-order valence-electron chi connectivity index (χ0n) is 11.7. The van der Waals surface area contributed by atoms with E-state index in [2.05, 4.69) is 4.72 Å². The minimum absolute atomic E-state index is 0.123. The molecule has 0 unspecified atom stereocenters. The summed E-state index contributed by atoms with van der Waals surface area (Å²) in [6.45, 7) is 4.39. The van der Waals surface area contributed by atoms with Gasteiger partial charge in [0, 0.05) is 24.3 Å². The summed E-state index contributed by atoms with van der Waals surface area (Å²) in [6.07, 6.45) is 1.28. The molecule has 1 N–H and O–H groups in total. The van der Waals surface area contributed by atoms with Gasteiger partial charge in [0.05, 0.1) is 4.90 Å². The van der Waals surface area contributed by atoms with Crippen LogP contribution in [0.1, 0.15) is 37.0 Å². The predicted octanol–water partition coefficient (Wildman–Crippen LogP) is 1.74. The number of ether oxygens (including phenoxy) is 1. The van der Waals surface area contributed by atoms with Crippen molar-refractivity contribution < 1.29 is 17.9 Å². The van der Waals surface area contributed by atoms with Gasteiger partial charge < -0.3 is 4.74 Å². The molecule has 1 aromatic rings. The van der Waals surface area contributed by atoms with Crippen molar-refractivity contribution >= 4 is 15.8 Å². The van der Waals surface area contributed by atoms with E-state index in [1.54, 1.807) is 12.1 Å². The molecule has 6 heteroatoms. The van der Waals surface area contributed by atoms with Crippen molar-refractivity contribution in [3.63, 3.8) is 0 Å². The largest absolute Gasteiger partial charge is 0.381 e. The fraction of sp³-hybridized carbons (Fsp3) is 0.500. The van der Waals surface area contributed by atoms with Crippen molar-refractivity contribution in [3.05, 3.63) is 29.8 Å². The fourth-order valence-corrected chi connectivity index (χ4v) is 3.70. The summed E-state index contributed by atoms with van der Waals surface area (Å²) >= 11 is 0. The molecule has 1 heterocycles. The topological polar surface area (TPSA) is 72.5 Å². The lowest BCUT2D eigenvalue weighted by Crippen LogP contribution is -2.49. The highest BCUT2D eigenvalue weighted by Gasteiger charge is 2.32. The van der Waals surface area contributed by atoms with Crippen LogP contribution < -0.4 is 4.72 Å². The second-order valence-corrected chi connectivity index (χ2v) is 7.04. The van der Waals surface area contributed by atoms with Gasteiger partial charge in [-0.3, -0.25) is 4.79 Å². The number of hydrogen-bond acceptors (Lipinski definition) is 4. The predicted molar refractivity (Wildman–Crippen MR) is 75.2 cm³/mol. The van der Waals surface area contributed by atoms with E-state index in [1.165, 1.54) is 19.1 Å². The zero-order valence-corrected chi connectivity index (χ0v) is 12.5. The lowest BCUT2D eigenvalue weighted by Gasteiger charge is -2.34. The quantitative estimate of drug-likeness (QED) is 0.859. The summed E-state index contributed by atoms with van der Waals surface area (Å²) in [5.74, 6) is -0.153. The standard InChI is InChI=1S/C14H19NO4S/c1-11(16)12-4-3-5-13(10-12)20(17,18)15-14(2)6-8-19-9-7-14/h3-5,10,15H,6-9H2,1-2H3. The number of Topliss-reactive ketones (excluding diaryl/α,β-unsaturated/α-hetero) is 1. The number of nitrogens with one attached hydrogen (secondary N) is 1. The summed E-state index contributed by atoms with van der Waals surface area (Å²) in [6, 6.07) is 6.10. The average Bonchev–Trinajstić information content (AvgIpc) is 2.38. The number of sulfonamides is 1. The molecule has 0 aliphatic carbocycles. The van der Waals surface area contributed by atoms with E-state index >= 15 is 0 Å². The van der Waals surface area contributed by atoms with Gasteiger partial charge in [0.25, 0.3) is 0 Å². The SMILES string of the molecule is CC(=O)c1cccc(S(=O)(=O)NC2(C)CCOCC2)c1. The highest BCUT2D eigenvalue weighted by atomic mass is 32.2. The summed E-state index contributed by atoms with van der Waals surface area (Å²) in [5, 5.41) is 0. The third-order valence-electron chi connectivity index (χ3n) is 3.53. The summed E-state index contributed by atoms with van der Waals surface area (Å²) < 4.78 is 32.8. The van der Waals surface area contributed by atoms with E-state index in [9.17, 15) is 13.2 Å². The van der Waals surface area contributed by atoms with Crippen LogP contribution in [0.15, 0.2) is 29.2 Å². The molecule has 1 saturated heterocycles. The minimum Gasteiger partial charge on any atom is -0.381 e. The van der Waals surface area contributed by atoms with E-state index in [-0.39, 0.29) is 10.7 Å². The summed E-state index contributed by atoms with van der Waals surface area (Å²) in [7, 11) is -3.63. The molecule has 1 fully saturated rings. The molecule has 1 aliphatic heterocycles. The summed E-state index contributed by atoms with van der Waals surface area (Å²) in [4.78, 5) is 11.5. The van der Waals surface area contributed by atoms with Gasteiger partial charge in [-0.05, 0) is 38.8 Å². The Kier molecular flexibility index (Phi) is 4.27. The Hall–Kier alpha value is -1.24. The van der Waals surface area contributed by atoms with Crippen LogP contribution in [0.4, 0.5) is 0 Å². The number of carbonyl (C=O) groups is 1. The van der Waals surface area contributed by atoms with Gasteiger partial charge in [-0.1, -0.05) is 12.1 Å². The van der Waals surface area contributed by atoms with Crippen molar-refractivity contribution in [2.24, 2.45) is 0 Å². The van der Waals surface area contributed by atoms with Crippen LogP contribution in [0.5, 0.6) is 0 Å². The van der Waals surface area contributed by atoms with Gasteiger partial charge in [0.15, 0.2) is 5.78 Å². The number of rotatable bonds is 4. The number of benzene rings is 1. The van der Waals surface area contributed by atoms with Gasteiger partial charge in [-0.15, -0.1) is 0 Å². The highest BCUT2D eigenvalue weighted by molar-refractivity contribution is 7.89. The Labute approximate surface area is 119 Å². The average molecular weight is 297 g/mol. The Balaban J connectivity index is 2.26. The molecular formula is C14H19NO4S. The first-order valence-electron chi connectivity index (χ1n) is 6.55. The maximum absolute atomic E-state index is 12.4. The van der Waals surface area contributed by atoms with Crippen LogP contribution in [0, 0.1) is 0 Å². The molecule has 5 nitrogen and oxygen atoms in total. The Morgan fingerprint density at radius 2 is 1.95 bits per heavy atom. The van der Waals surface area contributed by atoms with Crippen molar-refractivity contribution in [2.45, 2.75) is 37.1 Å². The molecule has 0 atom stereocenters. The van der Waals surface area contributed by atoms with Crippen LogP contribution in [-0.4, -0.2) is 33.0 Å². The molecule has 0 amide bonds. The van der Waals surface area contributed by atoms with Crippen LogP contribution in [0.3, 0.4) is 0 Å². The van der Waals surface area contributed by atoms with Gasteiger partial charge in [0.1, 0.15) is 0 Å². The van der Waals surface area contributed by atoms with E-state index < -0.39 is 15.6 Å². The van der Waals surface area contributed by atoms with Crippen LogP contribution in [0.25, 0.3) is 0 Å². The van der Waals surface area contributed by atoms with E-state index in [1.807, 2.05) is 6.92 Å². The molecule has 0 aromatic heterocycles. The molecule has 1 aliphatic rings. The lowest BCUT2D eigenvalue weighted by atomic mass is 9.94. The van der Waals surface area contributed by atoms with Gasteiger partial charge in [-0.2, -0.15) is 0 Å². The Bertz CT molecular complexity index is 603.